The molecule has 142 valence electrons. The van der Waals surface area contributed by atoms with Crippen LogP contribution in [0.2, 0.25) is 0 Å². The van der Waals surface area contributed by atoms with Crippen molar-refractivity contribution in [1.82, 2.24) is 30.4 Å². The molecule has 1 fully saturated rings. The summed E-state index contributed by atoms with van der Waals surface area (Å²) in [5.41, 5.74) is 3.57. The summed E-state index contributed by atoms with van der Waals surface area (Å²) >= 11 is 1.63. The summed E-state index contributed by atoms with van der Waals surface area (Å²) < 4.78 is 0. The van der Waals surface area contributed by atoms with Gasteiger partial charge in [0.05, 0.1) is 34.8 Å². The molecule has 0 saturated heterocycles. The van der Waals surface area contributed by atoms with Gasteiger partial charge in [0.1, 0.15) is 10.8 Å². The molecule has 0 unspecified atom stereocenters. The van der Waals surface area contributed by atoms with Crippen molar-refractivity contribution in [3.8, 4) is 0 Å². The molecule has 0 radical (unpaired) electrons. The summed E-state index contributed by atoms with van der Waals surface area (Å²) in [7, 11) is 1.97. The van der Waals surface area contributed by atoms with Gasteiger partial charge in [-0.15, -0.1) is 10.2 Å². The molecular formula is C19H20N8S. The van der Waals surface area contributed by atoms with Gasteiger partial charge in [-0.25, -0.2) is 4.98 Å². The molecule has 1 aliphatic carbocycles. The van der Waals surface area contributed by atoms with E-state index < -0.39 is 0 Å². The minimum Gasteiger partial charge on any atom is -0.341 e. The Hall–Kier alpha value is -3.07. The van der Waals surface area contributed by atoms with Crippen molar-refractivity contribution >= 4 is 44.7 Å². The number of fused-ring (bicyclic) bond motifs is 1. The van der Waals surface area contributed by atoms with Crippen molar-refractivity contribution in [2.45, 2.75) is 31.6 Å². The van der Waals surface area contributed by atoms with Gasteiger partial charge in [-0.1, -0.05) is 24.2 Å². The van der Waals surface area contributed by atoms with Crippen molar-refractivity contribution in [1.29, 1.82) is 0 Å². The van der Waals surface area contributed by atoms with E-state index >= 15 is 0 Å². The lowest BCUT2D eigenvalue weighted by molar-refractivity contribution is 0.705. The number of hydrogen-bond acceptors (Lipinski definition) is 8. The fraction of sp³-hybridized carbons (Fsp3) is 0.316. The second kappa shape index (κ2) is 7.16. The van der Waals surface area contributed by atoms with E-state index in [1.165, 1.54) is 25.7 Å². The van der Waals surface area contributed by atoms with Crippen LogP contribution in [0.25, 0.3) is 11.0 Å². The van der Waals surface area contributed by atoms with Crippen LogP contribution in [0.15, 0.2) is 36.8 Å². The van der Waals surface area contributed by atoms with Crippen LogP contribution in [-0.2, 0) is 0 Å². The third-order valence-corrected chi connectivity index (χ3v) is 6.16. The van der Waals surface area contributed by atoms with Crippen LogP contribution in [0, 0.1) is 0 Å². The lowest BCUT2D eigenvalue weighted by atomic mass is 10.1. The topological polar surface area (TPSA) is 95.5 Å². The normalized spacial score (nSPS) is 14.6. The van der Waals surface area contributed by atoms with E-state index in [2.05, 4.69) is 30.7 Å². The third-order valence-electron chi connectivity index (χ3n) is 5.16. The van der Waals surface area contributed by atoms with Gasteiger partial charge in [-0.3, -0.25) is 10.1 Å². The van der Waals surface area contributed by atoms with Gasteiger partial charge in [0, 0.05) is 19.2 Å². The summed E-state index contributed by atoms with van der Waals surface area (Å²) in [6.07, 6.45) is 10.5. The van der Waals surface area contributed by atoms with Gasteiger partial charge < -0.3 is 10.2 Å². The number of anilines is 4. The number of H-pyrrole nitrogens is 1. The predicted octanol–water partition coefficient (Wildman–Crippen LogP) is 4.37. The summed E-state index contributed by atoms with van der Waals surface area (Å²) in [6.45, 7) is 0. The van der Waals surface area contributed by atoms with Crippen molar-refractivity contribution in [3.05, 3.63) is 41.8 Å². The Morgan fingerprint density at radius 2 is 2.00 bits per heavy atom. The Kier molecular flexibility index (Phi) is 4.36. The number of pyridine rings is 2. The first kappa shape index (κ1) is 17.1. The number of aromatic amines is 1. The lowest BCUT2D eigenvalue weighted by Crippen LogP contribution is -2.09. The van der Waals surface area contributed by atoms with Gasteiger partial charge in [0.25, 0.3) is 0 Å². The largest absolute Gasteiger partial charge is 0.341 e. The number of aromatic nitrogens is 6. The number of nitrogens with one attached hydrogen (secondary N) is 2. The van der Waals surface area contributed by atoms with E-state index in [0.717, 1.165) is 38.4 Å². The lowest BCUT2D eigenvalue weighted by Gasteiger charge is -2.16. The smallest absolute Gasteiger partial charge is 0.211 e. The van der Waals surface area contributed by atoms with Crippen LogP contribution in [-0.4, -0.2) is 37.4 Å². The summed E-state index contributed by atoms with van der Waals surface area (Å²) in [6, 6.07) is 5.90. The first-order chi connectivity index (χ1) is 13.8. The van der Waals surface area contributed by atoms with Crippen molar-refractivity contribution in [2.75, 3.05) is 17.3 Å². The van der Waals surface area contributed by atoms with Gasteiger partial charge in [-0.2, -0.15) is 5.10 Å². The molecule has 4 aromatic rings. The highest BCUT2D eigenvalue weighted by atomic mass is 32.1. The second-order valence-corrected chi connectivity index (χ2v) is 8.00. The summed E-state index contributed by atoms with van der Waals surface area (Å²) in [5.74, 6) is 1.31. The maximum atomic E-state index is 4.72. The average Bonchev–Trinajstić information content (AvgIpc) is 3.49. The highest BCUT2D eigenvalue weighted by molar-refractivity contribution is 7.15. The zero-order valence-corrected chi connectivity index (χ0v) is 16.3. The Morgan fingerprint density at radius 3 is 2.82 bits per heavy atom. The molecule has 28 heavy (non-hydrogen) atoms. The predicted molar refractivity (Wildman–Crippen MR) is 111 cm³/mol. The number of hydrogen-bond donors (Lipinski definition) is 2. The van der Waals surface area contributed by atoms with Crippen LogP contribution in [0.4, 0.5) is 22.3 Å². The van der Waals surface area contributed by atoms with E-state index in [1.807, 2.05) is 42.5 Å². The Balaban J connectivity index is 1.39. The monoisotopic (exact) mass is 392 g/mol. The third kappa shape index (κ3) is 3.29. The molecule has 4 heterocycles. The van der Waals surface area contributed by atoms with Crippen molar-refractivity contribution in [2.24, 2.45) is 0 Å². The van der Waals surface area contributed by atoms with Crippen molar-refractivity contribution < 1.29 is 0 Å². The van der Waals surface area contributed by atoms with E-state index in [4.69, 9.17) is 4.98 Å². The average molecular weight is 392 g/mol. The Labute approximate surface area is 166 Å². The molecule has 1 saturated carbocycles. The molecule has 9 heteroatoms. The maximum absolute atomic E-state index is 4.72. The molecule has 0 aromatic carbocycles. The van der Waals surface area contributed by atoms with Crippen LogP contribution in [0.1, 0.15) is 36.6 Å². The van der Waals surface area contributed by atoms with Gasteiger partial charge in [0.2, 0.25) is 5.13 Å². The van der Waals surface area contributed by atoms with Crippen LogP contribution < -0.4 is 10.2 Å². The molecule has 0 aliphatic heterocycles. The molecule has 1 aliphatic rings. The molecule has 4 aromatic heterocycles. The molecule has 0 spiro atoms. The molecule has 0 atom stereocenters. The quantitative estimate of drug-likeness (QED) is 0.520. The van der Waals surface area contributed by atoms with Crippen LogP contribution in [0.5, 0.6) is 0 Å². The van der Waals surface area contributed by atoms with E-state index in [0.29, 0.717) is 5.92 Å². The van der Waals surface area contributed by atoms with E-state index in [-0.39, 0.29) is 0 Å². The first-order valence-corrected chi connectivity index (χ1v) is 10.2. The molecule has 2 N–H and O–H groups in total. The Bertz CT molecular complexity index is 1080. The molecule has 8 nitrogen and oxygen atoms in total. The zero-order chi connectivity index (χ0) is 18.9. The van der Waals surface area contributed by atoms with Gasteiger partial charge >= 0.3 is 0 Å². The fourth-order valence-electron chi connectivity index (χ4n) is 3.56. The standard InChI is InChI=1S/C19H20N8S/c1-27(14-10-21-22-11-14)13-8-16-15(20-9-13)6-7-17(23-16)24-19-26-25-18(28-19)12-4-2-3-5-12/h6-12H,2-5H2,1H3,(H,21,22)(H,23,24,26). The van der Waals surface area contributed by atoms with E-state index in [1.54, 1.807) is 17.5 Å². The first-order valence-electron chi connectivity index (χ1n) is 9.36. The maximum Gasteiger partial charge on any atom is 0.211 e. The number of rotatable bonds is 5. The highest BCUT2D eigenvalue weighted by Crippen LogP contribution is 2.37. The molecule has 0 amide bonds. The molecular weight excluding hydrogens is 372 g/mol. The fourth-order valence-corrected chi connectivity index (χ4v) is 4.48. The SMILES string of the molecule is CN(c1cn[nH]c1)c1cnc2ccc(Nc3nnc(C4CCCC4)s3)nc2c1. The molecule has 5 rings (SSSR count). The molecule has 0 bridgehead atoms. The minimum atomic E-state index is 0.572. The van der Waals surface area contributed by atoms with Gasteiger partial charge in [-0.05, 0) is 31.0 Å². The van der Waals surface area contributed by atoms with Crippen LogP contribution >= 0.6 is 11.3 Å². The zero-order valence-electron chi connectivity index (χ0n) is 15.5. The van der Waals surface area contributed by atoms with Gasteiger partial charge in [0.15, 0.2) is 0 Å². The summed E-state index contributed by atoms with van der Waals surface area (Å²) in [4.78, 5) is 11.3. The second-order valence-electron chi connectivity index (χ2n) is 7.00. The minimum absolute atomic E-state index is 0.572. The highest BCUT2D eigenvalue weighted by Gasteiger charge is 2.21. The summed E-state index contributed by atoms with van der Waals surface area (Å²) in [5, 5.41) is 20.7. The number of nitrogens with zero attached hydrogens (tertiary/aromatic N) is 6. The van der Waals surface area contributed by atoms with E-state index in [9.17, 15) is 0 Å². The Morgan fingerprint density at radius 1 is 1.11 bits per heavy atom. The van der Waals surface area contributed by atoms with Crippen molar-refractivity contribution in [3.63, 3.8) is 0 Å². The van der Waals surface area contributed by atoms with Crippen LogP contribution in [0.3, 0.4) is 0 Å².